The summed E-state index contributed by atoms with van der Waals surface area (Å²) in [5.41, 5.74) is 0. The number of rotatable bonds is 6. The fraction of sp³-hybridized carbons (Fsp3) is 0.923. The first-order valence-electron chi connectivity index (χ1n) is 6.55. The minimum absolute atomic E-state index is 0.121. The molecule has 1 saturated carbocycles. The molecule has 4 heteroatoms. The maximum Gasteiger partial charge on any atom is 0.318 e. The summed E-state index contributed by atoms with van der Waals surface area (Å²) in [5, 5.41) is 3.10. The van der Waals surface area contributed by atoms with Gasteiger partial charge in [0.2, 0.25) is 0 Å². The van der Waals surface area contributed by atoms with Crippen LogP contribution < -0.4 is 5.32 Å². The van der Waals surface area contributed by atoms with Crippen molar-refractivity contribution in [2.75, 3.05) is 12.0 Å². The third-order valence-corrected chi connectivity index (χ3v) is 4.20. The van der Waals surface area contributed by atoms with Crippen LogP contribution in [0, 0.1) is 5.92 Å². The summed E-state index contributed by atoms with van der Waals surface area (Å²) in [5.74, 6) is 1.48. The van der Waals surface area contributed by atoms with E-state index in [1.165, 1.54) is 12.8 Å². The first kappa shape index (κ1) is 14.7. The molecule has 0 spiro atoms. The lowest BCUT2D eigenvalue weighted by molar-refractivity contribution is 0.155. The van der Waals surface area contributed by atoms with Crippen molar-refractivity contribution < 1.29 is 4.79 Å². The molecule has 3 nitrogen and oxygen atoms in total. The lowest BCUT2D eigenvalue weighted by atomic mass is 10.0. The van der Waals surface area contributed by atoms with E-state index in [1.807, 2.05) is 0 Å². The molecule has 0 aliphatic heterocycles. The number of hydrogen-bond donors (Lipinski definition) is 1. The number of carbonyl (C=O) groups excluding carboxylic acids is 1. The molecule has 1 fully saturated rings. The van der Waals surface area contributed by atoms with Gasteiger partial charge in [0.15, 0.2) is 0 Å². The standard InChI is InChI=1S/C13H26N2OS/c1-9(2)11(4)15(12-6-7-12)13(16)14-10(3)8-17-5/h9-12H,6-8H2,1-5H3,(H,14,16)/t10-,11-/m0/s1. The minimum Gasteiger partial charge on any atom is -0.335 e. The van der Waals surface area contributed by atoms with Gasteiger partial charge in [-0.25, -0.2) is 4.79 Å². The van der Waals surface area contributed by atoms with Gasteiger partial charge in [0.05, 0.1) is 0 Å². The van der Waals surface area contributed by atoms with E-state index in [2.05, 4.69) is 44.2 Å². The van der Waals surface area contributed by atoms with E-state index in [1.54, 1.807) is 11.8 Å². The predicted molar refractivity (Wildman–Crippen MR) is 75.5 cm³/mol. The molecular formula is C13H26N2OS. The molecule has 17 heavy (non-hydrogen) atoms. The summed E-state index contributed by atoms with van der Waals surface area (Å²) in [6.45, 7) is 8.58. The van der Waals surface area contributed by atoms with Crippen LogP contribution in [-0.4, -0.2) is 41.1 Å². The van der Waals surface area contributed by atoms with E-state index in [-0.39, 0.29) is 12.1 Å². The molecule has 1 N–H and O–H groups in total. The van der Waals surface area contributed by atoms with Crippen LogP contribution in [0.4, 0.5) is 4.79 Å². The summed E-state index contributed by atoms with van der Waals surface area (Å²) < 4.78 is 0. The molecule has 1 aliphatic carbocycles. The van der Waals surface area contributed by atoms with Gasteiger partial charge in [-0.05, 0) is 38.9 Å². The quantitative estimate of drug-likeness (QED) is 0.794. The Labute approximate surface area is 110 Å². The van der Waals surface area contributed by atoms with Crippen LogP contribution in [0.1, 0.15) is 40.5 Å². The number of nitrogens with one attached hydrogen (secondary N) is 1. The predicted octanol–water partition coefficient (Wildman–Crippen LogP) is 2.96. The first-order chi connectivity index (χ1) is 7.97. The highest BCUT2D eigenvalue weighted by atomic mass is 32.2. The number of thioether (sulfide) groups is 1. The van der Waals surface area contributed by atoms with Gasteiger partial charge >= 0.3 is 6.03 Å². The van der Waals surface area contributed by atoms with Crippen molar-refractivity contribution in [3.8, 4) is 0 Å². The number of hydrogen-bond acceptors (Lipinski definition) is 2. The Hall–Kier alpha value is -0.380. The Morgan fingerprint density at radius 3 is 2.35 bits per heavy atom. The van der Waals surface area contributed by atoms with Crippen LogP contribution in [0.5, 0.6) is 0 Å². The molecule has 2 amide bonds. The average molecular weight is 258 g/mol. The Morgan fingerprint density at radius 1 is 1.35 bits per heavy atom. The van der Waals surface area contributed by atoms with Gasteiger partial charge in [-0.3, -0.25) is 0 Å². The molecule has 0 aromatic carbocycles. The SMILES string of the molecule is CSC[C@H](C)NC(=O)N(C1CC1)[C@@H](C)C(C)C. The van der Waals surface area contributed by atoms with Gasteiger partial charge < -0.3 is 10.2 Å². The van der Waals surface area contributed by atoms with E-state index >= 15 is 0 Å². The van der Waals surface area contributed by atoms with E-state index < -0.39 is 0 Å². The van der Waals surface area contributed by atoms with Crippen LogP contribution >= 0.6 is 11.8 Å². The fourth-order valence-corrected chi connectivity index (χ4v) is 2.52. The Bertz CT molecular complexity index is 254. The summed E-state index contributed by atoms with van der Waals surface area (Å²) in [6, 6.07) is 1.17. The summed E-state index contributed by atoms with van der Waals surface area (Å²) in [4.78, 5) is 14.3. The highest BCUT2D eigenvalue weighted by Gasteiger charge is 2.36. The zero-order valence-electron chi connectivity index (χ0n) is 11.7. The first-order valence-corrected chi connectivity index (χ1v) is 7.94. The molecule has 1 rings (SSSR count). The number of nitrogens with zero attached hydrogens (tertiary/aromatic N) is 1. The summed E-state index contributed by atoms with van der Waals surface area (Å²) >= 11 is 1.77. The van der Waals surface area contributed by atoms with Crippen molar-refractivity contribution in [1.82, 2.24) is 10.2 Å². The third-order valence-electron chi connectivity index (χ3n) is 3.36. The van der Waals surface area contributed by atoms with E-state index in [4.69, 9.17) is 0 Å². The molecule has 100 valence electrons. The van der Waals surface area contributed by atoms with Gasteiger partial charge in [-0.15, -0.1) is 0 Å². The van der Waals surface area contributed by atoms with Crippen molar-refractivity contribution in [1.29, 1.82) is 0 Å². The second kappa shape index (κ2) is 6.53. The molecule has 0 aromatic rings. The highest BCUT2D eigenvalue weighted by Crippen LogP contribution is 2.30. The zero-order chi connectivity index (χ0) is 13.0. The smallest absolute Gasteiger partial charge is 0.318 e. The molecule has 0 saturated heterocycles. The number of amides is 2. The van der Waals surface area contributed by atoms with E-state index in [0.29, 0.717) is 18.0 Å². The fourth-order valence-electron chi connectivity index (χ4n) is 1.93. The van der Waals surface area contributed by atoms with Crippen LogP contribution in [0.3, 0.4) is 0 Å². The van der Waals surface area contributed by atoms with Crippen molar-refractivity contribution in [2.45, 2.75) is 58.7 Å². The average Bonchev–Trinajstić information content (AvgIpc) is 3.02. The molecular weight excluding hydrogens is 232 g/mol. The maximum absolute atomic E-state index is 12.3. The molecule has 0 heterocycles. The lowest BCUT2D eigenvalue weighted by Gasteiger charge is -2.33. The number of carbonyl (C=O) groups is 1. The second-order valence-corrected chi connectivity index (χ2v) is 6.34. The molecule has 2 atom stereocenters. The van der Waals surface area contributed by atoms with Crippen LogP contribution in [0.15, 0.2) is 0 Å². The minimum atomic E-state index is 0.121. The summed E-state index contributed by atoms with van der Waals surface area (Å²) in [6.07, 6.45) is 4.40. The van der Waals surface area contributed by atoms with Gasteiger partial charge in [0.1, 0.15) is 0 Å². The zero-order valence-corrected chi connectivity index (χ0v) is 12.5. The highest BCUT2D eigenvalue weighted by molar-refractivity contribution is 7.98. The van der Waals surface area contributed by atoms with Crippen molar-refractivity contribution in [2.24, 2.45) is 5.92 Å². The second-order valence-electron chi connectivity index (χ2n) is 5.43. The van der Waals surface area contributed by atoms with Gasteiger partial charge in [0.25, 0.3) is 0 Å². The molecule has 0 unspecified atom stereocenters. The molecule has 0 radical (unpaired) electrons. The van der Waals surface area contributed by atoms with Crippen molar-refractivity contribution in [3.05, 3.63) is 0 Å². The van der Waals surface area contributed by atoms with Crippen LogP contribution in [-0.2, 0) is 0 Å². The molecule has 0 bridgehead atoms. The van der Waals surface area contributed by atoms with Gasteiger partial charge in [-0.1, -0.05) is 13.8 Å². The van der Waals surface area contributed by atoms with E-state index in [0.717, 1.165) is 5.75 Å². The largest absolute Gasteiger partial charge is 0.335 e. The van der Waals surface area contributed by atoms with E-state index in [9.17, 15) is 4.79 Å². The Kier molecular flexibility index (Phi) is 5.63. The summed E-state index contributed by atoms with van der Waals surface area (Å²) in [7, 11) is 0. The molecule has 0 aromatic heterocycles. The van der Waals surface area contributed by atoms with Gasteiger partial charge in [0, 0.05) is 23.9 Å². The lowest BCUT2D eigenvalue weighted by Crippen LogP contribution is -2.50. The normalized spacial score (nSPS) is 18.9. The Balaban J connectivity index is 2.55. The topological polar surface area (TPSA) is 32.3 Å². The van der Waals surface area contributed by atoms with Crippen LogP contribution in [0.2, 0.25) is 0 Å². The monoisotopic (exact) mass is 258 g/mol. The molecule has 1 aliphatic rings. The Morgan fingerprint density at radius 2 is 1.94 bits per heavy atom. The number of urea groups is 1. The third kappa shape index (κ3) is 4.41. The maximum atomic E-state index is 12.3. The van der Waals surface area contributed by atoms with Gasteiger partial charge in [-0.2, -0.15) is 11.8 Å². The van der Waals surface area contributed by atoms with Crippen LogP contribution in [0.25, 0.3) is 0 Å². The van der Waals surface area contributed by atoms with Crippen molar-refractivity contribution >= 4 is 17.8 Å². The van der Waals surface area contributed by atoms with Crippen molar-refractivity contribution in [3.63, 3.8) is 0 Å².